The Balaban J connectivity index is 1.92. The highest BCUT2D eigenvalue weighted by atomic mass is 32.2. The number of nitrogens with two attached hydrogens (primary N) is 1. The first-order valence-corrected chi connectivity index (χ1v) is 9.46. The molecule has 0 unspecified atom stereocenters. The van der Waals surface area contributed by atoms with Crippen LogP contribution < -0.4 is 15.8 Å². The molecule has 22 heavy (non-hydrogen) atoms. The van der Waals surface area contributed by atoms with Gasteiger partial charge >= 0.3 is 0 Å². The van der Waals surface area contributed by atoms with Crippen molar-refractivity contribution in [2.45, 2.75) is 24.7 Å². The van der Waals surface area contributed by atoms with Crippen molar-refractivity contribution in [2.75, 3.05) is 18.4 Å². The summed E-state index contributed by atoms with van der Waals surface area (Å²) in [6.07, 6.45) is 2.01. The van der Waals surface area contributed by atoms with Crippen molar-refractivity contribution in [1.29, 1.82) is 0 Å². The molecule has 0 aliphatic carbocycles. The van der Waals surface area contributed by atoms with E-state index >= 15 is 0 Å². The number of hydrogen-bond acceptors (Lipinski definition) is 6. The maximum atomic E-state index is 11.2. The van der Waals surface area contributed by atoms with Crippen LogP contribution in [0.2, 0.25) is 0 Å². The molecule has 6 nitrogen and oxygen atoms in total. The molecule has 8 heteroatoms. The van der Waals surface area contributed by atoms with Gasteiger partial charge in [0.15, 0.2) is 5.13 Å². The molecule has 2 aromatic rings. The van der Waals surface area contributed by atoms with Crippen LogP contribution >= 0.6 is 11.3 Å². The average Bonchev–Trinajstić information content (AvgIpc) is 2.91. The number of benzene rings is 1. The Morgan fingerprint density at radius 3 is 2.59 bits per heavy atom. The van der Waals surface area contributed by atoms with E-state index in [0.717, 1.165) is 42.4 Å². The van der Waals surface area contributed by atoms with Gasteiger partial charge in [-0.05, 0) is 37.2 Å². The highest BCUT2D eigenvalue weighted by Gasteiger charge is 2.07. The molecule has 0 fully saturated rings. The third-order valence-electron chi connectivity index (χ3n) is 2.97. The number of aromatic nitrogens is 1. The number of primary sulfonamides is 1. The van der Waals surface area contributed by atoms with Crippen molar-refractivity contribution in [3.63, 3.8) is 0 Å². The number of anilines is 2. The van der Waals surface area contributed by atoms with Crippen LogP contribution in [0.1, 0.15) is 19.0 Å². The molecule has 1 aromatic heterocycles. The van der Waals surface area contributed by atoms with Crippen LogP contribution in [0.5, 0.6) is 0 Å². The first kappa shape index (κ1) is 16.9. The Bertz CT molecular complexity index is 696. The van der Waals surface area contributed by atoms with Crippen molar-refractivity contribution >= 4 is 32.2 Å². The summed E-state index contributed by atoms with van der Waals surface area (Å²) in [5, 5.41) is 14.4. The molecule has 4 N–H and O–H groups in total. The zero-order valence-corrected chi connectivity index (χ0v) is 14.0. The minimum atomic E-state index is -3.65. The Labute approximate surface area is 134 Å². The molecule has 2 rings (SSSR count). The van der Waals surface area contributed by atoms with Crippen LogP contribution in [0.25, 0.3) is 0 Å². The fourth-order valence-corrected chi connectivity index (χ4v) is 3.13. The van der Waals surface area contributed by atoms with Crippen molar-refractivity contribution < 1.29 is 8.42 Å². The van der Waals surface area contributed by atoms with Crippen LogP contribution in [-0.2, 0) is 16.4 Å². The predicted molar refractivity (Wildman–Crippen MR) is 90.1 cm³/mol. The topological polar surface area (TPSA) is 97.1 Å². The first-order chi connectivity index (χ1) is 10.5. The summed E-state index contributed by atoms with van der Waals surface area (Å²) in [6, 6.07) is 6.29. The van der Waals surface area contributed by atoms with E-state index in [4.69, 9.17) is 5.14 Å². The van der Waals surface area contributed by atoms with E-state index in [1.807, 2.05) is 5.38 Å². The van der Waals surface area contributed by atoms with Gasteiger partial charge in [0.25, 0.3) is 0 Å². The van der Waals surface area contributed by atoms with Gasteiger partial charge in [-0.15, -0.1) is 11.3 Å². The van der Waals surface area contributed by atoms with Crippen molar-refractivity contribution in [3.05, 3.63) is 35.3 Å². The number of rotatable bonds is 8. The third-order valence-corrected chi connectivity index (χ3v) is 4.71. The van der Waals surface area contributed by atoms with Gasteiger partial charge in [-0.1, -0.05) is 6.92 Å². The Morgan fingerprint density at radius 2 is 1.95 bits per heavy atom. The summed E-state index contributed by atoms with van der Waals surface area (Å²) in [5.74, 6) is 0. The highest BCUT2D eigenvalue weighted by Crippen LogP contribution is 2.22. The average molecular weight is 340 g/mol. The van der Waals surface area contributed by atoms with Crippen molar-refractivity contribution in [3.8, 4) is 0 Å². The SMILES string of the molecule is CCCNCCc1csc(Nc2ccc(S(N)(=O)=O)cc2)n1. The molecule has 0 radical (unpaired) electrons. The van der Waals surface area contributed by atoms with E-state index in [1.54, 1.807) is 12.1 Å². The van der Waals surface area contributed by atoms with Crippen LogP contribution in [0.3, 0.4) is 0 Å². The normalized spacial score (nSPS) is 11.5. The second-order valence-corrected chi connectivity index (χ2v) is 7.26. The van der Waals surface area contributed by atoms with Gasteiger partial charge in [0, 0.05) is 24.0 Å². The van der Waals surface area contributed by atoms with E-state index in [0.29, 0.717) is 0 Å². The highest BCUT2D eigenvalue weighted by molar-refractivity contribution is 7.89. The summed E-state index contributed by atoms with van der Waals surface area (Å²) >= 11 is 1.52. The molecule has 1 heterocycles. The van der Waals surface area contributed by atoms with Gasteiger partial charge in [-0.25, -0.2) is 18.5 Å². The Morgan fingerprint density at radius 1 is 1.23 bits per heavy atom. The number of thiazole rings is 1. The molecule has 0 aliphatic rings. The second kappa shape index (κ2) is 7.68. The fraction of sp³-hybridized carbons (Fsp3) is 0.357. The van der Waals surface area contributed by atoms with Gasteiger partial charge < -0.3 is 10.6 Å². The lowest BCUT2D eigenvalue weighted by molar-refractivity contribution is 0.598. The van der Waals surface area contributed by atoms with Crippen LogP contribution in [-0.4, -0.2) is 26.5 Å². The van der Waals surface area contributed by atoms with E-state index in [-0.39, 0.29) is 4.90 Å². The summed E-state index contributed by atoms with van der Waals surface area (Å²) in [5.41, 5.74) is 1.81. The van der Waals surface area contributed by atoms with Crippen LogP contribution in [0.15, 0.2) is 34.5 Å². The fourth-order valence-electron chi connectivity index (χ4n) is 1.85. The number of nitrogens with one attached hydrogen (secondary N) is 2. The van der Waals surface area contributed by atoms with Crippen molar-refractivity contribution in [1.82, 2.24) is 10.3 Å². The molecule has 0 bridgehead atoms. The lowest BCUT2D eigenvalue weighted by Crippen LogP contribution is -2.17. The van der Waals surface area contributed by atoms with E-state index in [1.165, 1.54) is 23.5 Å². The molecule has 0 amide bonds. The van der Waals surface area contributed by atoms with Gasteiger partial charge in [-0.3, -0.25) is 0 Å². The standard InChI is InChI=1S/C14H20N4O2S2/c1-2-8-16-9-7-12-10-21-14(18-12)17-11-3-5-13(6-4-11)22(15,19)20/h3-6,10,16H,2,7-9H2,1H3,(H,17,18)(H2,15,19,20). The Kier molecular flexibility index (Phi) is 5.90. The maximum Gasteiger partial charge on any atom is 0.238 e. The molecule has 0 saturated heterocycles. The zero-order chi connectivity index (χ0) is 16.0. The maximum absolute atomic E-state index is 11.2. The molecule has 0 atom stereocenters. The van der Waals surface area contributed by atoms with Crippen LogP contribution in [0.4, 0.5) is 10.8 Å². The lowest BCUT2D eigenvalue weighted by Gasteiger charge is -2.04. The predicted octanol–water partition coefficient (Wildman–Crippen LogP) is 2.08. The molecular weight excluding hydrogens is 320 g/mol. The smallest absolute Gasteiger partial charge is 0.238 e. The van der Waals surface area contributed by atoms with E-state index in [2.05, 4.69) is 22.5 Å². The molecule has 0 spiro atoms. The summed E-state index contributed by atoms with van der Waals surface area (Å²) < 4.78 is 22.4. The molecule has 0 aliphatic heterocycles. The third kappa shape index (κ3) is 5.06. The first-order valence-electron chi connectivity index (χ1n) is 7.04. The minimum absolute atomic E-state index is 0.0971. The summed E-state index contributed by atoms with van der Waals surface area (Å²) in [4.78, 5) is 4.60. The second-order valence-electron chi connectivity index (χ2n) is 4.84. The molecule has 1 aromatic carbocycles. The van der Waals surface area contributed by atoms with Gasteiger partial charge in [0.1, 0.15) is 0 Å². The Hall–Kier alpha value is -1.48. The summed E-state index contributed by atoms with van der Waals surface area (Å²) in [7, 11) is -3.65. The number of sulfonamides is 1. The molecule has 0 saturated carbocycles. The quantitative estimate of drug-likeness (QED) is 0.639. The van der Waals surface area contributed by atoms with Gasteiger partial charge in [0.05, 0.1) is 10.6 Å². The minimum Gasteiger partial charge on any atom is -0.332 e. The number of nitrogens with zero attached hydrogens (tertiary/aromatic N) is 1. The monoisotopic (exact) mass is 340 g/mol. The molecular formula is C14H20N4O2S2. The lowest BCUT2D eigenvalue weighted by atomic mass is 10.3. The van der Waals surface area contributed by atoms with Gasteiger partial charge in [-0.2, -0.15) is 0 Å². The van der Waals surface area contributed by atoms with Crippen molar-refractivity contribution in [2.24, 2.45) is 5.14 Å². The summed E-state index contributed by atoms with van der Waals surface area (Å²) in [6.45, 7) is 4.07. The zero-order valence-electron chi connectivity index (χ0n) is 12.4. The largest absolute Gasteiger partial charge is 0.332 e. The van der Waals surface area contributed by atoms with Crippen LogP contribution in [0, 0.1) is 0 Å². The number of hydrogen-bond donors (Lipinski definition) is 3. The van der Waals surface area contributed by atoms with Gasteiger partial charge in [0.2, 0.25) is 10.0 Å². The van der Waals surface area contributed by atoms with E-state index in [9.17, 15) is 8.42 Å². The molecule has 120 valence electrons. The van der Waals surface area contributed by atoms with E-state index < -0.39 is 10.0 Å².